The number of hydrogen-bond acceptors (Lipinski definition) is 6. The van der Waals surface area contributed by atoms with Crippen molar-refractivity contribution in [1.29, 1.82) is 0 Å². The summed E-state index contributed by atoms with van der Waals surface area (Å²) in [6, 6.07) is 6.15. The minimum Gasteiger partial charge on any atom is -0.283 e. The van der Waals surface area contributed by atoms with Gasteiger partial charge in [0.15, 0.2) is 0 Å². The molecule has 3 aromatic heterocycles. The van der Waals surface area contributed by atoms with Gasteiger partial charge in [0.2, 0.25) is 0 Å². The maximum absolute atomic E-state index is 13.0. The summed E-state index contributed by atoms with van der Waals surface area (Å²) in [5.74, 6) is 0.425. The standard InChI is InChI=1S/C16H12N6O3/c1-9-7-11(22(24)25)3-4-12(9)20-6-5-13-14(15(20)23)10(2)19-16-17-8-18-21(13)16/h3-8H,1-2H3. The fourth-order valence-electron chi connectivity index (χ4n) is 2.94. The van der Waals surface area contributed by atoms with Crippen LogP contribution in [0.25, 0.3) is 22.4 Å². The second-order valence-corrected chi connectivity index (χ2v) is 5.65. The number of hydrogen-bond donors (Lipinski definition) is 0. The van der Waals surface area contributed by atoms with Crippen molar-refractivity contribution in [1.82, 2.24) is 24.1 Å². The van der Waals surface area contributed by atoms with Gasteiger partial charge in [0, 0.05) is 18.3 Å². The Morgan fingerprint density at radius 2 is 2.00 bits per heavy atom. The first-order chi connectivity index (χ1) is 12.0. The second-order valence-electron chi connectivity index (χ2n) is 5.65. The number of aryl methyl sites for hydroxylation is 2. The molecular formula is C16H12N6O3. The number of nitro groups is 1. The molecule has 4 rings (SSSR count). The van der Waals surface area contributed by atoms with Crippen molar-refractivity contribution in [3.8, 4) is 5.69 Å². The molecule has 0 saturated carbocycles. The highest BCUT2D eigenvalue weighted by molar-refractivity contribution is 5.82. The van der Waals surface area contributed by atoms with Gasteiger partial charge in [-0.1, -0.05) is 0 Å². The highest BCUT2D eigenvalue weighted by Crippen LogP contribution is 2.21. The molecule has 9 nitrogen and oxygen atoms in total. The topological polar surface area (TPSA) is 108 Å². The van der Waals surface area contributed by atoms with Gasteiger partial charge >= 0.3 is 0 Å². The zero-order chi connectivity index (χ0) is 17.7. The van der Waals surface area contributed by atoms with Gasteiger partial charge in [-0.3, -0.25) is 19.5 Å². The van der Waals surface area contributed by atoms with Crippen LogP contribution in [0.2, 0.25) is 0 Å². The van der Waals surface area contributed by atoms with Crippen LogP contribution in [-0.4, -0.2) is 29.1 Å². The van der Waals surface area contributed by atoms with Crippen LogP contribution in [0.4, 0.5) is 5.69 Å². The van der Waals surface area contributed by atoms with E-state index in [-0.39, 0.29) is 11.2 Å². The van der Waals surface area contributed by atoms with Gasteiger partial charge in [0.05, 0.1) is 27.2 Å². The van der Waals surface area contributed by atoms with E-state index in [1.165, 1.54) is 27.5 Å². The van der Waals surface area contributed by atoms with Gasteiger partial charge < -0.3 is 0 Å². The molecule has 0 saturated heterocycles. The van der Waals surface area contributed by atoms with Gasteiger partial charge in [-0.05, 0) is 31.5 Å². The zero-order valence-corrected chi connectivity index (χ0v) is 13.4. The fourth-order valence-corrected chi connectivity index (χ4v) is 2.94. The molecule has 9 heteroatoms. The number of rotatable bonds is 2. The third-order valence-electron chi connectivity index (χ3n) is 4.11. The molecule has 0 unspecified atom stereocenters. The Hall–Kier alpha value is -3.62. The third-order valence-corrected chi connectivity index (χ3v) is 4.11. The van der Waals surface area contributed by atoms with Crippen molar-refractivity contribution in [2.24, 2.45) is 0 Å². The maximum atomic E-state index is 13.0. The van der Waals surface area contributed by atoms with Crippen LogP contribution in [-0.2, 0) is 0 Å². The average molecular weight is 336 g/mol. The molecule has 0 N–H and O–H groups in total. The summed E-state index contributed by atoms with van der Waals surface area (Å²) in [6.45, 7) is 3.47. The number of benzene rings is 1. The van der Waals surface area contributed by atoms with Crippen LogP contribution in [0, 0.1) is 24.0 Å². The van der Waals surface area contributed by atoms with Crippen LogP contribution in [0.15, 0.2) is 41.6 Å². The lowest BCUT2D eigenvalue weighted by atomic mass is 10.1. The van der Waals surface area contributed by atoms with E-state index in [2.05, 4.69) is 15.1 Å². The van der Waals surface area contributed by atoms with Crippen LogP contribution in [0.5, 0.6) is 0 Å². The van der Waals surface area contributed by atoms with Gasteiger partial charge in [-0.25, -0.2) is 4.98 Å². The van der Waals surface area contributed by atoms with Gasteiger partial charge in [-0.15, -0.1) is 0 Å². The number of fused-ring (bicyclic) bond motifs is 3. The minimum atomic E-state index is -0.463. The molecule has 0 amide bonds. The summed E-state index contributed by atoms with van der Waals surface area (Å²) in [5.41, 5.74) is 2.09. The van der Waals surface area contributed by atoms with Crippen molar-refractivity contribution in [3.05, 3.63) is 68.5 Å². The highest BCUT2D eigenvalue weighted by Gasteiger charge is 2.15. The molecule has 0 aliphatic carbocycles. The van der Waals surface area contributed by atoms with Crippen LogP contribution in [0.1, 0.15) is 11.3 Å². The van der Waals surface area contributed by atoms with E-state index in [1.54, 1.807) is 32.2 Å². The predicted molar refractivity (Wildman–Crippen MR) is 90.0 cm³/mol. The molecule has 25 heavy (non-hydrogen) atoms. The van der Waals surface area contributed by atoms with Crippen molar-refractivity contribution in [3.63, 3.8) is 0 Å². The fraction of sp³-hybridized carbons (Fsp3) is 0.125. The summed E-state index contributed by atoms with van der Waals surface area (Å²) < 4.78 is 2.97. The number of pyridine rings is 1. The Morgan fingerprint density at radius 3 is 2.72 bits per heavy atom. The first-order valence-corrected chi connectivity index (χ1v) is 7.44. The Kier molecular flexibility index (Phi) is 3.11. The van der Waals surface area contributed by atoms with E-state index in [9.17, 15) is 14.9 Å². The first-order valence-electron chi connectivity index (χ1n) is 7.44. The van der Waals surface area contributed by atoms with E-state index >= 15 is 0 Å². The minimum absolute atomic E-state index is 0.0164. The van der Waals surface area contributed by atoms with Gasteiger partial charge in [0.25, 0.3) is 17.0 Å². The number of non-ortho nitro benzene ring substituents is 1. The van der Waals surface area contributed by atoms with E-state index in [0.717, 1.165) is 0 Å². The van der Waals surface area contributed by atoms with Crippen molar-refractivity contribution >= 4 is 22.4 Å². The molecule has 0 atom stereocenters. The molecule has 0 aliphatic rings. The van der Waals surface area contributed by atoms with E-state index in [4.69, 9.17) is 0 Å². The molecule has 0 fully saturated rings. The normalized spacial score (nSPS) is 11.3. The third kappa shape index (κ3) is 2.17. The maximum Gasteiger partial charge on any atom is 0.269 e. The first kappa shape index (κ1) is 14.9. The molecule has 4 aromatic rings. The van der Waals surface area contributed by atoms with Crippen LogP contribution in [0.3, 0.4) is 0 Å². The predicted octanol–water partition coefficient (Wildman–Crippen LogP) is 1.95. The molecule has 0 radical (unpaired) electrons. The summed E-state index contributed by atoms with van der Waals surface area (Å²) in [4.78, 5) is 31.8. The quantitative estimate of drug-likeness (QED) is 0.409. The summed E-state index contributed by atoms with van der Waals surface area (Å²) in [5, 5.41) is 15.4. The second kappa shape index (κ2) is 5.20. The number of nitro benzene ring substituents is 1. The van der Waals surface area contributed by atoms with E-state index < -0.39 is 4.92 Å². The molecule has 124 valence electrons. The zero-order valence-electron chi connectivity index (χ0n) is 13.4. The Bertz CT molecular complexity index is 1220. The van der Waals surface area contributed by atoms with Crippen molar-refractivity contribution < 1.29 is 4.92 Å². The number of nitrogens with zero attached hydrogens (tertiary/aromatic N) is 6. The van der Waals surface area contributed by atoms with Gasteiger partial charge in [0.1, 0.15) is 6.33 Å². The largest absolute Gasteiger partial charge is 0.283 e. The SMILES string of the molecule is Cc1cc([N+](=O)[O-])ccc1-n1ccc2c(c(C)nc3ncnn32)c1=O. The lowest BCUT2D eigenvalue weighted by molar-refractivity contribution is -0.384. The Morgan fingerprint density at radius 1 is 1.20 bits per heavy atom. The van der Waals surface area contributed by atoms with Crippen LogP contribution >= 0.6 is 0 Å². The average Bonchev–Trinajstić information content (AvgIpc) is 3.03. The Labute approximate surface area is 140 Å². The lowest BCUT2D eigenvalue weighted by Crippen LogP contribution is -2.20. The van der Waals surface area contributed by atoms with Crippen molar-refractivity contribution in [2.45, 2.75) is 13.8 Å². The number of aromatic nitrogens is 5. The molecule has 0 aliphatic heterocycles. The van der Waals surface area contributed by atoms with Gasteiger partial charge in [-0.2, -0.15) is 14.6 Å². The molecule has 0 bridgehead atoms. The molecule has 0 spiro atoms. The lowest BCUT2D eigenvalue weighted by Gasteiger charge is -2.11. The smallest absolute Gasteiger partial charge is 0.269 e. The summed E-state index contributed by atoms with van der Waals surface area (Å²) in [6.07, 6.45) is 3.01. The summed E-state index contributed by atoms with van der Waals surface area (Å²) >= 11 is 0. The Balaban J connectivity index is 2.02. The molecule has 3 heterocycles. The highest BCUT2D eigenvalue weighted by atomic mass is 16.6. The summed E-state index contributed by atoms with van der Waals surface area (Å²) in [7, 11) is 0. The molecular weight excluding hydrogens is 324 g/mol. The van der Waals surface area contributed by atoms with E-state index in [0.29, 0.717) is 33.6 Å². The molecule has 1 aromatic carbocycles. The monoisotopic (exact) mass is 336 g/mol. The van der Waals surface area contributed by atoms with Crippen LogP contribution < -0.4 is 5.56 Å². The van der Waals surface area contributed by atoms with E-state index in [1.807, 2.05) is 0 Å². The van der Waals surface area contributed by atoms with Crippen molar-refractivity contribution in [2.75, 3.05) is 0 Å².